The molecular weight excluding hydrogens is 238 g/mol. The molecule has 17 heavy (non-hydrogen) atoms. The summed E-state index contributed by atoms with van der Waals surface area (Å²) in [7, 11) is 0. The van der Waals surface area contributed by atoms with Gasteiger partial charge >= 0.3 is 0 Å². The van der Waals surface area contributed by atoms with E-state index < -0.39 is 0 Å². The molecule has 0 saturated carbocycles. The van der Waals surface area contributed by atoms with E-state index in [1.54, 1.807) is 0 Å². The zero-order chi connectivity index (χ0) is 11.7. The van der Waals surface area contributed by atoms with Crippen LogP contribution in [0.1, 0.15) is 30.5 Å². The Kier molecular flexibility index (Phi) is 3.35. The molecule has 2 fully saturated rings. The number of hydrogen-bond donors (Lipinski definition) is 1. The number of aromatic nitrogens is 2. The van der Waals surface area contributed by atoms with Gasteiger partial charge in [-0.15, -0.1) is 0 Å². The van der Waals surface area contributed by atoms with E-state index >= 15 is 0 Å². The van der Waals surface area contributed by atoms with Crippen LogP contribution in [-0.2, 0) is 11.2 Å². The summed E-state index contributed by atoms with van der Waals surface area (Å²) in [5.41, 5.74) is 6.01. The van der Waals surface area contributed by atoms with Crippen molar-refractivity contribution in [2.75, 3.05) is 18.1 Å². The van der Waals surface area contributed by atoms with Gasteiger partial charge in [-0.25, -0.2) is 0 Å². The van der Waals surface area contributed by atoms with Crippen LogP contribution in [0.4, 0.5) is 0 Å². The Labute approximate surface area is 104 Å². The molecule has 1 aromatic heterocycles. The zero-order valence-electron chi connectivity index (χ0n) is 9.67. The van der Waals surface area contributed by atoms with Crippen LogP contribution in [0.5, 0.6) is 0 Å². The number of hydrogen-bond acceptors (Lipinski definition) is 6. The smallest absolute Gasteiger partial charge is 0.232 e. The summed E-state index contributed by atoms with van der Waals surface area (Å²) in [5, 5.41) is 4.03. The van der Waals surface area contributed by atoms with E-state index in [1.807, 2.05) is 11.8 Å². The van der Waals surface area contributed by atoms with E-state index in [0.29, 0.717) is 5.89 Å². The van der Waals surface area contributed by atoms with Crippen LogP contribution in [-0.4, -0.2) is 40.4 Å². The van der Waals surface area contributed by atoms with E-state index in [4.69, 9.17) is 15.0 Å². The normalized spacial score (nSPS) is 33.4. The maximum Gasteiger partial charge on any atom is 0.232 e. The number of thioether (sulfide) groups is 1. The lowest BCUT2D eigenvalue weighted by Gasteiger charge is -2.08. The predicted octanol–water partition coefficient (Wildman–Crippen LogP) is 0.949. The molecule has 3 unspecified atom stereocenters. The lowest BCUT2D eigenvalue weighted by molar-refractivity contribution is 0.109. The molecule has 2 N–H and O–H groups in total. The minimum atomic E-state index is 0.149. The van der Waals surface area contributed by atoms with Gasteiger partial charge in [0.2, 0.25) is 5.89 Å². The van der Waals surface area contributed by atoms with Crippen molar-refractivity contribution in [3.05, 3.63) is 11.7 Å². The molecule has 2 saturated heterocycles. The molecule has 3 rings (SSSR count). The highest BCUT2D eigenvalue weighted by Crippen LogP contribution is 2.30. The van der Waals surface area contributed by atoms with Gasteiger partial charge in [0.1, 0.15) is 0 Å². The predicted molar refractivity (Wildman–Crippen MR) is 65.0 cm³/mol. The highest BCUT2D eigenvalue weighted by atomic mass is 32.2. The van der Waals surface area contributed by atoms with Crippen LogP contribution in [0.2, 0.25) is 0 Å². The standard InChI is InChI=1S/C11H17N3O2S/c12-9-6-17-5-8(9)11-13-10(14-16-11)4-7-2-1-3-15-7/h7-9H,1-6,12H2. The molecule has 0 bridgehead atoms. The molecule has 3 heterocycles. The highest BCUT2D eigenvalue weighted by molar-refractivity contribution is 7.99. The molecule has 0 spiro atoms. The van der Waals surface area contributed by atoms with Gasteiger partial charge in [0.05, 0.1) is 12.0 Å². The van der Waals surface area contributed by atoms with Crippen molar-refractivity contribution in [1.29, 1.82) is 0 Å². The van der Waals surface area contributed by atoms with E-state index in [2.05, 4.69) is 10.1 Å². The quantitative estimate of drug-likeness (QED) is 0.866. The maximum atomic E-state index is 6.01. The molecule has 5 nitrogen and oxygen atoms in total. The molecule has 94 valence electrons. The summed E-state index contributed by atoms with van der Waals surface area (Å²) in [5.74, 6) is 3.66. The van der Waals surface area contributed by atoms with Gasteiger partial charge in [-0.05, 0) is 12.8 Å². The number of nitrogens with two attached hydrogens (primary N) is 1. The zero-order valence-corrected chi connectivity index (χ0v) is 10.5. The molecule has 0 aliphatic carbocycles. The van der Waals surface area contributed by atoms with Crippen LogP contribution >= 0.6 is 11.8 Å². The Morgan fingerprint density at radius 2 is 2.35 bits per heavy atom. The molecule has 1 aromatic rings. The molecule has 0 amide bonds. The first-order valence-corrected chi connectivity index (χ1v) is 7.26. The Morgan fingerprint density at radius 3 is 3.06 bits per heavy atom. The van der Waals surface area contributed by atoms with Crippen molar-refractivity contribution in [2.24, 2.45) is 5.73 Å². The Morgan fingerprint density at radius 1 is 1.41 bits per heavy atom. The summed E-state index contributed by atoms with van der Waals surface area (Å²) in [6, 6.07) is 0.149. The van der Waals surface area contributed by atoms with Crippen LogP contribution < -0.4 is 5.73 Å². The van der Waals surface area contributed by atoms with Crippen LogP contribution in [0.15, 0.2) is 4.52 Å². The largest absolute Gasteiger partial charge is 0.378 e. The number of ether oxygens (including phenoxy) is 1. The van der Waals surface area contributed by atoms with Gasteiger partial charge in [0.15, 0.2) is 5.82 Å². The highest BCUT2D eigenvalue weighted by Gasteiger charge is 2.31. The lowest BCUT2D eigenvalue weighted by Crippen LogP contribution is -2.26. The van der Waals surface area contributed by atoms with Gasteiger partial charge in [0, 0.05) is 30.6 Å². The number of rotatable bonds is 3. The summed E-state index contributed by atoms with van der Waals surface area (Å²) < 4.78 is 10.9. The average molecular weight is 255 g/mol. The summed E-state index contributed by atoms with van der Waals surface area (Å²) in [6.45, 7) is 0.861. The minimum absolute atomic E-state index is 0.149. The number of nitrogens with zero attached hydrogens (tertiary/aromatic N) is 2. The van der Waals surface area contributed by atoms with Crippen molar-refractivity contribution in [3.8, 4) is 0 Å². The molecule has 3 atom stereocenters. The lowest BCUT2D eigenvalue weighted by atomic mass is 10.1. The first-order chi connectivity index (χ1) is 8.33. The second kappa shape index (κ2) is 4.96. The Bertz CT molecular complexity index is 379. The molecule has 0 aromatic carbocycles. The van der Waals surface area contributed by atoms with Crippen molar-refractivity contribution in [2.45, 2.75) is 37.3 Å². The summed E-state index contributed by atoms with van der Waals surface area (Å²) in [6.07, 6.45) is 3.27. The maximum absolute atomic E-state index is 6.01. The molecule has 0 radical (unpaired) electrons. The molecule has 6 heteroatoms. The van der Waals surface area contributed by atoms with E-state index in [1.165, 1.54) is 0 Å². The Balaban J connectivity index is 1.65. The summed E-state index contributed by atoms with van der Waals surface area (Å²) in [4.78, 5) is 4.46. The topological polar surface area (TPSA) is 74.2 Å². The Hall–Kier alpha value is -0.590. The third kappa shape index (κ3) is 2.48. The first kappa shape index (κ1) is 11.5. The average Bonchev–Trinajstić information content (AvgIpc) is 3.00. The van der Waals surface area contributed by atoms with Gasteiger partial charge < -0.3 is 15.0 Å². The van der Waals surface area contributed by atoms with E-state index in [0.717, 1.165) is 43.2 Å². The van der Waals surface area contributed by atoms with E-state index in [9.17, 15) is 0 Å². The second-order valence-corrected chi connectivity index (χ2v) is 5.77. The van der Waals surface area contributed by atoms with Crippen molar-refractivity contribution >= 4 is 11.8 Å². The van der Waals surface area contributed by atoms with Crippen molar-refractivity contribution in [1.82, 2.24) is 10.1 Å². The van der Waals surface area contributed by atoms with Gasteiger partial charge in [-0.3, -0.25) is 0 Å². The summed E-state index contributed by atoms with van der Waals surface area (Å²) >= 11 is 1.85. The van der Waals surface area contributed by atoms with Crippen molar-refractivity contribution < 1.29 is 9.26 Å². The van der Waals surface area contributed by atoms with Crippen LogP contribution in [0.3, 0.4) is 0 Å². The molecule has 2 aliphatic heterocycles. The third-order valence-electron chi connectivity index (χ3n) is 3.36. The van der Waals surface area contributed by atoms with Gasteiger partial charge in [-0.2, -0.15) is 16.7 Å². The van der Waals surface area contributed by atoms with E-state index in [-0.39, 0.29) is 18.1 Å². The fourth-order valence-electron chi connectivity index (χ4n) is 2.34. The second-order valence-electron chi connectivity index (χ2n) is 4.70. The van der Waals surface area contributed by atoms with Gasteiger partial charge in [-0.1, -0.05) is 5.16 Å². The monoisotopic (exact) mass is 255 g/mol. The SMILES string of the molecule is NC1CSCC1c1nc(CC2CCCO2)no1. The first-order valence-electron chi connectivity index (χ1n) is 6.10. The molecule has 2 aliphatic rings. The van der Waals surface area contributed by atoms with Gasteiger partial charge in [0.25, 0.3) is 0 Å². The fraction of sp³-hybridized carbons (Fsp3) is 0.818. The fourth-order valence-corrected chi connectivity index (χ4v) is 3.62. The van der Waals surface area contributed by atoms with Crippen molar-refractivity contribution in [3.63, 3.8) is 0 Å². The minimum Gasteiger partial charge on any atom is -0.378 e. The molecular formula is C11H17N3O2S. The van der Waals surface area contributed by atoms with Crippen LogP contribution in [0.25, 0.3) is 0 Å². The third-order valence-corrected chi connectivity index (χ3v) is 4.58. The van der Waals surface area contributed by atoms with Crippen LogP contribution in [0, 0.1) is 0 Å².